The van der Waals surface area contributed by atoms with E-state index in [0.717, 1.165) is 0 Å². The van der Waals surface area contributed by atoms with Crippen molar-refractivity contribution < 1.29 is 23.6 Å². The molecule has 1 amide bonds. The minimum atomic E-state index is -0.457. The molecular formula is C18H17FN2O4. The number of hydrogen-bond donors (Lipinski definition) is 1. The average molecular weight is 344 g/mol. The van der Waals surface area contributed by atoms with E-state index in [4.69, 9.17) is 4.84 Å². The number of amides is 1. The van der Waals surface area contributed by atoms with Gasteiger partial charge in [-0.05, 0) is 42.3 Å². The van der Waals surface area contributed by atoms with E-state index in [9.17, 15) is 14.0 Å². The van der Waals surface area contributed by atoms with Crippen molar-refractivity contribution in [3.63, 3.8) is 0 Å². The van der Waals surface area contributed by atoms with E-state index in [1.165, 1.54) is 19.4 Å². The number of methoxy groups -OCH3 is 1. The highest BCUT2D eigenvalue weighted by molar-refractivity contribution is 5.92. The number of rotatable bonds is 6. The topological polar surface area (TPSA) is 77.0 Å². The Bertz CT molecular complexity index is 788. The quantitative estimate of drug-likeness (QED) is 0.497. The summed E-state index contributed by atoms with van der Waals surface area (Å²) in [7, 11) is 1.31. The van der Waals surface area contributed by atoms with E-state index in [1.54, 1.807) is 43.3 Å². The largest absolute Gasteiger partial charge is 0.465 e. The van der Waals surface area contributed by atoms with Gasteiger partial charge >= 0.3 is 5.97 Å². The van der Waals surface area contributed by atoms with Crippen LogP contribution in [0.1, 0.15) is 21.5 Å². The van der Waals surface area contributed by atoms with E-state index >= 15 is 0 Å². The molecule has 2 aromatic rings. The van der Waals surface area contributed by atoms with Crippen LogP contribution in [0.25, 0.3) is 0 Å². The van der Waals surface area contributed by atoms with Gasteiger partial charge in [0.2, 0.25) is 0 Å². The predicted octanol–water partition coefficient (Wildman–Crippen LogP) is 2.91. The van der Waals surface area contributed by atoms with Crippen LogP contribution in [-0.2, 0) is 14.4 Å². The highest BCUT2D eigenvalue weighted by Crippen LogP contribution is 2.13. The molecule has 0 aliphatic rings. The summed E-state index contributed by atoms with van der Waals surface area (Å²) in [4.78, 5) is 27.9. The van der Waals surface area contributed by atoms with Crippen molar-refractivity contribution >= 4 is 23.8 Å². The summed E-state index contributed by atoms with van der Waals surface area (Å²) in [6, 6.07) is 10.9. The van der Waals surface area contributed by atoms with Gasteiger partial charge in [-0.15, -0.1) is 0 Å². The molecule has 0 bridgehead atoms. The first-order valence-electron chi connectivity index (χ1n) is 7.39. The molecule has 0 aliphatic heterocycles. The number of nitrogens with zero attached hydrogens (tertiary/aromatic N) is 1. The van der Waals surface area contributed by atoms with E-state index in [2.05, 4.69) is 15.2 Å². The number of esters is 1. The molecule has 25 heavy (non-hydrogen) atoms. The van der Waals surface area contributed by atoms with Crippen LogP contribution < -0.4 is 5.32 Å². The van der Waals surface area contributed by atoms with Crippen LogP contribution in [0.15, 0.2) is 47.6 Å². The SMILES string of the molecule is COC(=O)c1ccc(/C=N/OCC(=O)Nc2ccc(C)c(F)c2)cc1. The third-order valence-corrected chi connectivity index (χ3v) is 3.26. The fourth-order valence-corrected chi connectivity index (χ4v) is 1.88. The zero-order valence-electron chi connectivity index (χ0n) is 13.8. The van der Waals surface area contributed by atoms with Crippen LogP contribution in [0.2, 0.25) is 0 Å². The molecule has 6 nitrogen and oxygen atoms in total. The Morgan fingerprint density at radius 1 is 1.20 bits per heavy atom. The molecule has 0 saturated carbocycles. The molecule has 2 rings (SSSR count). The van der Waals surface area contributed by atoms with E-state index in [1.807, 2.05) is 0 Å². The van der Waals surface area contributed by atoms with Crippen molar-refractivity contribution in [1.29, 1.82) is 0 Å². The standard InChI is InChI=1S/C18H17FN2O4/c1-12-3-8-15(9-16(12)19)21-17(22)11-25-20-10-13-4-6-14(7-5-13)18(23)24-2/h3-10H,11H2,1-2H3,(H,21,22)/b20-10+. The molecule has 0 fully saturated rings. The fraction of sp³-hybridized carbons (Fsp3) is 0.167. The fourth-order valence-electron chi connectivity index (χ4n) is 1.88. The summed E-state index contributed by atoms with van der Waals surface area (Å²) in [5.74, 6) is -1.28. The minimum absolute atomic E-state index is 0.313. The maximum absolute atomic E-state index is 13.4. The van der Waals surface area contributed by atoms with Gasteiger partial charge in [-0.1, -0.05) is 23.4 Å². The average Bonchev–Trinajstić information content (AvgIpc) is 2.62. The summed E-state index contributed by atoms with van der Waals surface area (Å²) in [5, 5.41) is 6.18. The number of carbonyl (C=O) groups is 2. The van der Waals surface area contributed by atoms with Gasteiger partial charge in [-0.25, -0.2) is 9.18 Å². The Hall–Kier alpha value is -3.22. The second kappa shape index (κ2) is 8.58. The zero-order chi connectivity index (χ0) is 18.2. The Labute approximate surface area is 144 Å². The second-order valence-corrected chi connectivity index (χ2v) is 5.13. The lowest BCUT2D eigenvalue weighted by molar-refractivity contribution is -0.120. The number of anilines is 1. The number of nitrogens with one attached hydrogen (secondary N) is 1. The molecule has 0 aliphatic carbocycles. The van der Waals surface area contributed by atoms with Crippen molar-refractivity contribution in [1.82, 2.24) is 0 Å². The lowest BCUT2D eigenvalue weighted by atomic mass is 10.1. The molecule has 2 aromatic carbocycles. The van der Waals surface area contributed by atoms with Gasteiger partial charge in [0.1, 0.15) is 5.82 Å². The highest BCUT2D eigenvalue weighted by Gasteiger charge is 2.05. The monoisotopic (exact) mass is 344 g/mol. The molecule has 0 radical (unpaired) electrons. The lowest BCUT2D eigenvalue weighted by Crippen LogP contribution is -2.17. The van der Waals surface area contributed by atoms with Gasteiger partial charge in [0, 0.05) is 5.69 Å². The van der Waals surface area contributed by atoms with Gasteiger partial charge in [-0.3, -0.25) is 4.79 Å². The second-order valence-electron chi connectivity index (χ2n) is 5.13. The summed E-state index contributed by atoms with van der Waals surface area (Å²) in [5.41, 5.74) is 1.95. The van der Waals surface area contributed by atoms with E-state index in [0.29, 0.717) is 22.4 Å². The van der Waals surface area contributed by atoms with Crippen molar-refractivity contribution in [3.05, 3.63) is 65.0 Å². The highest BCUT2D eigenvalue weighted by atomic mass is 19.1. The van der Waals surface area contributed by atoms with Crippen LogP contribution in [0.3, 0.4) is 0 Å². The number of carbonyl (C=O) groups excluding carboxylic acids is 2. The van der Waals surface area contributed by atoms with Crippen molar-refractivity contribution in [3.8, 4) is 0 Å². The van der Waals surface area contributed by atoms with Crippen LogP contribution in [0.5, 0.6) is 0 Å². The summed E-state index contributed by atoms with van der Waals surface area (Å²) < 4.78 is 18.0. The first-order valence-corrected chi connectivity index (χ1v) is 7.39. The lowest BCUT2D eigenvalue weighted by Gasteiger charge is -2.05. The number of hydrogen-bond acceptors (Lipinski definition) is 5. The molecule has 0 aromatic heterocycles. The van der Waals surface area contributed by atoms with Gasteiger partial charge in [0.05, 0.1) is 18.9 Å². The smallest absolute Gasteiger partial charge is 0.337 e. The van der Waals surface area contributed by atoms with E-state index < -0.39 is 17.7 Å². The normalized spacial score (nSPS) is 10.5. The Morgan fingerprint density at radius 2 is 1.92 bits per heavy atom. The summed E-state index contributed by atoms with van der Waals surface area (Å²) >= 11 is 0. The van der Waals surface area contributed by atoms with Crippen molar-refractivity contribution in [2.24, 2.45) is 5.16 Å². The van der Waals surface area contributed by atoms with Crippen LogP contribution >= 0.6 is 0 Å². The molecule has 7 heteroatoms. The minimum Gasteiger partial charge on any atom is -0.465 e. The van der Waals surface area contributed by atoms with E-state index in [-0.39, 0.29) is 6.61 Å². The Balaban J connectivity index is 1.81. The molecule has 0 saturated heterocycles. The van der Waals surface area contributed by atoms with Gasteiger partial charge in [-0.2, -0.15) is 0 Å². The molecule has 1 N–H and O–H groups in total. The zero-order valence-corrected chi connectivity index (χ0v) is 13.8. The summed E-state index contributed by atoms with van der Waals surface area (Å²) in [6.45, 7) is 1.32. The number of halogens is 1. The first-order chi connectivity index (χ1) is 12.0. The predicted molar refractivity (Wildman–Crippen MR) is 91.1 cm³/mol. The third kappa shape index (κ3) is 5.42. The number of ether oxygens (including phenoxy) is 1. The maximum atomic E-state index is 13.4. The third-order valence-electron chi connectivity index (χ3n) is 3.26. The molecule has 0 unspecified atom stereocenters. The maximum Gasteiger partial charge on any atom is 0.337 e. The molecule has 130 valence electrons. The summed E-state index contributed by atoms with van der Waals surface area (Å²) in [6.07, 6.45) is 1.40. The molecule has 0 spiro atoms. The molecule has 0 heterocycles. The number of aryl methyl sites for hydroxylation is 1. The van der Waals surface area contributed by atoms with Crippen LogP contribution in [0, 0.1) is 12.7 Å². The van der Waals surface area contributed by atoms with Crippen molar-refractivity contribution in [2.45, 2.75) is 6.92 Å². The van der Waals surface area contributed by atoms with Gasteiger partial charge in [0.25, 0.3) is 5.91 Å². The number of oxime groups is 1. The Kier molecular flexibility index (Phi) is 6.22. The molecular weight excluding hydrogens is 327 g/mol. The number of benzene rings is 2. The Morgan fingerprint density at radius 3 is 2.56 bits per heavy atom. The van der Waals surface area contributed by atoms with Gasteiger partial charge in [0.15, 0.2) is 6.61 Å². The van der Waals surface area contributed by atoms with Gasteiger partial charge < -0.3 is 14.9 Å². The first kappa shape index (κ1) is 18.1. The van der Waals surface area contributed by atoms with Crippen LogP contribution in [0.4, 0.5) is 10.1 Å². The van der Waals surface area contributed by atoms with Crippen molar-refractivity contribution in [2.75, 3.05) is 19.0 Å². The molecule has 0 atom stereocenters. The van der Waals surface area contributed by atoms with Crippen LogP contribution in [-0.4, -0.2) is 31.8 Å².